The topological polar surface area (TPSA) is 586 Å². The fourth-order valence-electron chi connectivity index (χ4n) is 14.4. The first-order valence-corrected chi connectivity index (χ1v) is 60.7. The largest absolute Gasteiger partial charge is 0.481 e. The van der Waals surface area contributed by atoms with Gasteiger partial charge in [0.25, 0.3) is 60.7 Å². The van der Waals surface area contributed by atoms with Crippen LogP contribution >= 0.6 is 7.60 Å². The molecule has 47 nitrogen and oxygen atoms in total. The minimum absolute atomic E-state index is 0.0266. The van der Waals surface area contributed by atoms with Gasteiger partial charge in [-0.3, -0.25) is 71.0 Å². The van der Waals surface area contributed by atoms with Gasteiger partial charge in [0.1, 0.15) is 0 Å². The van der Waals surface area contributed by atoms with Crippen LogP contribution in [0.2, 0.25) is 0 Å². The zero-order valence-electron chi connectivity index (χ0n) is 88.9. The quantitative estimate of drug-likeness (QED) is 0.0180. The van der Waals surface area contributed by atoms with E-state index < -0.39 is 80.2 Å². The molecule has 0 atom stereocenters. The number of nitrogens with zero attached hydrogens (tertiary/aromatic N) is 13. The number of carboxylic acid groups (broad SMARTS) is 1. The molecule has 0 spiro atoms. The number of ether oxygens (including phenoxy) is 7. The van der Waals surface area contributed by atoms with Gasteiger partial charge in [0.15, 0.2) is 0 Å². The minimum Gasteiger partial charge on any atom is -0.481 e. The summed E-state index contributed by atoms with van der Waals surface area (Å²) >= 11 is 0. The highest BCUT2D eigenvalue weighted by molar-refractivity contribution is 7.87. The maximum Gasteiger partial charge on any atom is 0.343 e. The molecule has 4 fully saturated rings. The summed E-state index contributed by atoms with van der Waals surface area (Å²) in [7, 11) is -13.8. The predicted molar refractivity (Wildman–Crippen MR) is 551 cm³/mol. The molecule has 848 valence electrons. The van der Waals surface area contributed by atoms with Crippen LogP contribution < -0.4 is 5.32 Å². The van der Waals surface area contributed by atoms with Crippen molar-refractivity contribution in [2.75, 3.05) is 333 Å². The van der Waals surface area contributed by atoms with Crippen molar-refractivity contribution < 1.29 is 150 Å². The summed E-state index contributed by atoms with van der Waals surface area (Å²) in [6.07, 6.45) is 8.43. The Bertz CT molecular complexity index is 3900. The highest BCUT2D eigenvalue weighted by atomic mass is 32.2. The maximum atomic E-state index is 11.1. The number of nitrogens with one attached hydrogen (secondary N) is 1. The molecule has 11 N–H and O–H groups in total. The average molecular weight is 2180 g/mol. The van der Waals surface area contributed by atoms with E-state index in [0.717, 1.165) is 124 Å². The van der Waals surface area contributed by atoms with Gasteiger partial charge in [0.05, 0.1) is 142 Å². The molecule has 0 unspecified atom stereocenters. The number of carboxylic acids is 1. The van der Waals surface area contributed by atoms with Gasteiger partial charge in [-0.2, -0.15) is 55.8 Å². The van der Waals surface area contributed by atoms with Crippen LogP contribution in [0.5, 0.6) is 0 Å². The summed E-state index contributed by atoms with van der Waals surface area (Å²) < 4.78 is 232. The van der Waals surface area contributed by atoms with E-state index in [9.17, 15) is 64.7 Å². The van der Waals surface area contributed by atoms with Gasteiger partial charge in [0.2, 0.25) is 0 Å². The third-order valence-electron chi connectivity index (χ3n) is 22.7. The Labute approximate surface area is 848 Å². The van der Waals surface area contributed by atoms with Crippen molar-refractivity contribution in [3.63, 3.8) is 0 Å². The van der Waals surface area contributed by atoms with Crippen molar-refractivity contribution in [3.05, 3.63) is 0 Å². The van der Waals surface area contributed by atoms with E-state index in [-0.39, 0.29) is 116 Å². The standard InChI is InChI=1S/C14H31N2O4P.C14H28N2O4.C13H28N2O6S.C13H28N2O4S.C12H28N2O7S2.C11H24N2O4S.C10H24N2O4S/c1-13(2)20-11-10-16(7-4-12-21(17,18)19)14-5-8-15(3)9-6-14;1-12(2)19-11-10-16(9-6-14(17)20-18)13-4-7-15(3)8-5-13;1-12(2)21-10-8-15(9-11-22(18,19)20)7-6-14(3)5-4-13(16)17;1-12(2)19-10-8-15(9-11-20(16,17)18)13-4-6-14(3)7-5-13;1-12(2)21-9-6-14(8-11-23(18,19)20)5-4-13(3)7-10-22(15,16)17;1-10(2)17-6-4-13(5-7-18(14,15)16)11-8-12(3)9-11;1-10(2)16-8-6-12(5-4-11-3)7-9-17(13,14)15/h13-14H,4-12H2,1-3H3,(H2,17,18,19);12-13,18H,4-11H2,1-3H3;12H,4-11H2,1-3H3,(H,16,17)(H,18,19,20);12-13H,4-11H2,1-3H3,(H,16,17,18);12H,4-11H2,1-3H3,(H,15,16,17)(H,18,19,20);10-11H,4-9H2,1-3H3,(H,14,15,16);10-11H,4-9H2,1-3H3,(H,13,14,15). The van der Waals surface area contributed by atoms with Crippen LogP contribution in [0, 0.1) is 0 Å². The minimum atomic E-state index is -4.04. The van der Waals surface area contributed by atoms with Gasteiger partial charge in [-0.05, 0) is 237 Å². The second-order valence-electron chi connectivity index (χ2n) is 38.1. The Morgan fingerprint density at radius 1 is 0.340 bits per heavy atom. The van der Waals surface area contributed by atoms with Gasteiger partial charge in [-0.25, -0.2) is 4.79 Å². The van der Waals surface area contributed by atoms with Crippen molar-refractivity contribution in [1.82, 2.24) is 69.0 Å². The van der Waals surface area contributed by atoms with Crippen molar-refractivity contribution >= 4 is 80.2 Å². The molecule has 4 saturated heterocycles. The zero-order chi connectivity index (χ0) is 108. The third kappa shape index (κ3) is 95.8. The summed E-state index contributed by atoms with van der Waals surface area (Å²) in [6.45, 7) is 51.6. The summed E-state index contributed by atoms with van der Waals surface area (Å²) in [5.41, 5.74) is 0. The van der Waals surface area contributed by atoms with Crippen LogP contribution in [-0.4, -0.2) is 573 Å². The molecule has 141 heavy (non-hydrogen) atoms. The second kappa shape index (κ2) is 79.7. The fraction of sp³-hybridized carbons (Fsp3) is 0.977. The molecule has 4 aliphatic heterocycles. The van der Waals surface area contributed by atoms with Crippen LogP contribution in [0.3, 0.4) is 0 Å². The molecule has 0 aromatic rings. The first kappa shape index (κ1) is 143. The normalized spacial score (nSPS) is 16.1. The van der Waals surface area contributed by atoms with Crippen LogP contribution in [0.25, 0.3) is 0 Å². The molecule has 0 aliphatic carbocycles. The SMILES string of the molecule is CC(C)OCCN(CCC(=O)OO)C1CCN(C)CC1.CC(C)OCCN(CCCP(=O)(O)O)C1CCN(C)CC1.CC(C)OCCN(CCN(C)CCC(=O)O)CCS(=O)(=O)O.CC(C)OCCN(CCN(C)CCS(=O)(=O)O)CCS(=O)(=O)O.CC(C)OCCN(CCS(=O)(=O)O)C1CCN(C)CC1.CC(C)OCCN(CCS(=O)(=O)O)C1CN(C)C1.CNCCN(CCOC(C)C)CCS(=O)(=O)O. The number of likely N-dealkylation sites (tertiary alicyclic amines) is 4. The average Bonchev–Trinajstić information content (AvgIpc) is 0.840. The van der Waals surface area contributed by atoms with Gasteiger partial charge in [-0.1, -0.05) is 0 Å². The first-order valence-electron chi connectivity index (χ1n) is 49.2. The summed E-state index contributed by atoms with van der Waals surface area (Å²) in [5, 5.41) is 20.0. The third-order valence-corrected chi connectivity index (χ3v) is 27.7. The molecule has 0 radical (unpaired) electrons. The Hall–Kier alpha value is -2.33. The van der Waals surface area contributed by atoms with Crippen LogP contribution in [0.1, 0.15) is 155 Å². The van der Waals surface area contributed by atoms with E-state index in [1.54, 1.807) is 11.9 Å². The van der Waals surface area contributed by atoms with Crippen LogP contribution in [-0.2, 0) is 113 Å². The molecule has 0 amide bonds. The van der Waals surface area contributed by atoms with E-state index in [2.05, 4.69) is 70.5 Å². The Morgan fingerprint density at radius 3 is 0.858 bits per heavy atom. The predicted octanol–water partition coefficient (Wildman–Crippen LogP) is 2.45. The summed E-state index contributed by atoms with van der Waals surface area (Å²) in [4.78, 5) is 70.5. The lowest BCUT2D eigenvalue weighted by Gasteiger charge is -2.43. The lowest BCUT2D eigenvalue weighted by Crippen LogP contribution is -2.59. The summed E-state index contributed by atoms with van der Waals surface area (Å²) in [5.74, 6) is -3.14. The lowest BCUT2D eigenvalue weighted by atomic mass is 10.0. The number of carbonyl (C=O) groups is 2. The second-order valence-corrected chi connectivity index (χ2v) is 49.3. The van der Waals surface area contributed by atoms with Gasteiger partial charge >= 0.3 is 19.5 Å². The number of hydrogen-bond acceptors (Lipinski definition) is 38. The smallest absolute Gasteiger partial charge is 0.343 e. The van der Waals surface area contributed by atoms with E-state index in [0.29, 0.717) is 168 Å². The number of piperidine rings is 3. The molecule has 0 aromatic heterocycles. The Kier molecular flexibility index (Phi) is 80.7. The van der Waals surface area contributed by atoms with E-state index >= 15 is 0 Å². The van der Waals surface area contributed by atoms with Gasteiger partial charge < -0.3 is 87.7 Å². The highest BCUT2D eigenvalue weighted by Crippen LogP contribution is 2.35. The van der Waals surface area contributed by atoms with Crippen molar-refractivity contribution in [2.24, 2.45) is 0 Å². The van der Waals surface area contributed by atoms with Gasteiger partial charge in [-0.15, -0.1) is 0 Å². The number of carbonyl (C=O) groups excluding carboxylic acids is 1. The first-order chi connectivity index (χ1) is 65.2. The van der Waals surface area contributed by atoms with E-state index in [1.165, 1.54) is 0 Å². The molecule has 4 rings (SSSR count). The molecule has 4 aliphatic rings. The van der Waals surface area contributed by atoms with Crippen molar-refractivity contribution in [2.45, 2.75) is 222 Å². The molecule has 0 bridgehead atoms. The number of aliphatic carboxylic acids is 1. The Morgan fingerprint density at radius 2 is 0.596 bits per heavy atom. The maximum absolute atomic E-state index is 11.1. The number of rotatable bonds is 69. The van der Waals surface area contributed by atoms with Crippen LogP contribution in [0.4, 0.5) is 0 Å². The zero-order valence-corrected chi connectivity index (χ0v) is 94.7. The van der Waals surface area contributed by atoms with E-state index in [1.807, 2.05) is 138 Å². The Balaban J connectivity index is -0.00000158. The highest BCUT2D eigenvalue weighted by Gasteiger charge is 2.32. The molecule has 54 heteroatoms. The van der Waals surface area contributed by atoms with Crippen molar-refractivity contribution in [3.8, 4) is 0 Å². The van der Waals surface area contributed by atoms with E-state index in [4.69, 9.17) is 80.6 Å². The fourth-order valence-corrected chi connectivity index (χ4v) is 17.9. The van der Waals surface area contributed by atoms with Gasteiger partial charge in [0, 0.05) is 175 Å². The van der Waals surface area contributed by atoms with Crippen LogP contribution in [0.15, 0.2) is 0 Å². The number of hydrogen-bond donors (Lipinski definition) is 11. The molecular formula is C87H191N14O33PS6. The summed E-state index contributed by atoms with van der Waals surface area (Å²) in [6, 6.07) is 1.73. The monoisotopic (exact) mass is 2180 g/mol. The lowest BCUT2D eigenvalue weighted by molar-refractivity contribution is -0.234. The molecule has 4 heterocycles. The number of likely N-dealkylation sites (N-methyl/N-ethyl adjacent to an activating group) is 4. The molecular weight excluding hydrogens is 1990 g/mol. The molecule has 0 saturated carbocycles. The molecule has 0 aromatic carbocycles. The van der Waals surface area contributed by atoms with Crippen molar-refractivity contribution in [1.29, 1.82) is 0 Å².